The zero-order valence-electron chi connectivity index (χ0n) is 12.6. The van der Waals surface area contributed by atoms with Crippen molar-refractivity contribution in [2.24, 2.45) is 11.1 Å². The normalized spacial score (nSPS) is 22.0. The molecule has 1 heterocycles. The van der Waals surface area contributed by atoms with Crippen LogP contribution in [0, 0.1) is 12.3 Å². The molecule has 20 heavy (non-hydrogen) atoms. The van der Waals surface area contributed by atoms with E-state index in [0.717, 1.165) is 19.6 Å². The van der Waals surface area contributed by atoms with Crippen LogP contribution in [0.25, 0.3) is 0 Å². The van der Waals surface area contributed by atoms with Gasteiger partial charge in [-0.3, -0.25) is 4.90 Å². The maximum absolute atomic E-state index is 5.75. The predicted molar refractivity (Wildman–Crippen MR) is 85.2 cm³/mol. The van der Waals surface area contributed by atoms with Crippen LogP contribution >= 0.6 is 0 Å². The van der Waals surface area contributed by atoms with Crippen LogP contribution in [0.2, 0.25) is 0 Å². The number of piperazine rings is 1. The highest BCUT2D eigenvalue weighted by Gasteiger charge is 2.43. The highest BCUT2D eigenvalue weighted by atomic mass is 15.3. The Morgan fingerprint density at radius 2 is 1.90 bits per heavy atom. The van der Waals surface area contributed by atoms with Crippen molar-refractivity contribution in [1.82, 2.24) is 4.90 Å². The maximum Gasteiger partial charge on any atom is 0.0369 e. The molecule has 2 fully saturated rings. The predicted octanol–water partition coefficient (Wildman–Crippen LogP) is 2.25. The summed E-state index contributed by atoms with van der Waals surface area (Å²) in [5, 5.41) is 0. The molecule has 3 heteroatoms. The van der Waals surface area contributed by atoms with Gasteiger partial charge in [0.1, 0.15) is 0 Å². The van der Waals surface area contributed by atoms with Gasteiger partial charge < -0.3 is 10.6 Å². The van der Waals surface area contributed by atoms with E-state index in [1.807, 2.05) is 0 Å². The van der Waals surface area contributed by atoms with Gasteiger partial charge in [-0.2, -0.15) is 0 Å². The van der Waals surface area contributed by atoms with Crippen molar-refractivity contribution in [2.75, 3.05) is 44.2 Å². The summed E-state index contributed by atoms with van der Waals surface area (Å²) in [6.07, 6.45) is 4.00. The van der Waals surface area contributed by atoms with Crippen LogP contribution in [0.5, 0.6) is 0 Å². The Morgan fingerprint density at radius 3 is 2.50 bits per heavy atom. The molecule has 0 atom stereocenters. The van der Waals surface area contributed by atoms with Crippen molar-refractivity contribution in [3.05, 3.63) is 29.8 Å². The molecular formula is C17H27N3. The fourth-order valence-corrected chi connectivity index (χ4v) is 3.43. The molecule has 0 aromatic heterocycles. The lowest BCUT2D eigenvalue weighted by Gasteiger charge is -2.38. The number of nitrogens with zero attached hydrogens (tertiary/aromatic N) is 2. The lowest BCUT2D eigenvalue weighted by molar-refractivity contribution is 0.203. The average molecular weight is 273 g/mol. The van der Waals surface area contributed by atoms with Crippen molar-refractivity contribution in [3.8, 4) is 0 Å². The van der Waals surface area contributed by atoms with E-state index < -0.39 is 0 Å². The van der Waals surface area contributed by atoms with Gasteiger partial charge in [-0.15, -0.1) is 0 Å². The molecule has 1 aliphatic heterocycles. The van der Waals surface area contributed by atoms with Gasteiger partial charge in [-0.05, 0) is 55.8 Å². The summed E-state index contributed by atoms with van der Waals surface area (Å²) < 4.78 is 0. The van der Waals surface area contributed by atoms with Crippen molar-refractivity contribution in [3.63, 3.8) is 0 Å². The van der Waals surface area contributed by atoms with Crippen molar-refractivity contribution >= 4 is 5.69 Å². The van der Waals surface area contributed by atoms with Crippen molar-refractivity contribution in [2.45, 2.75) is 26.2 Å². The first-order valence-electron chi connectivity index (χ1n) is 7.95. The van der Waals surface area contributed by atoms with Crippen LogP contribution < -0.4 is 10.6 Å². The minimum absolute atomic E-state index is 0.584. The number of anilines is 1. The van der Waals surface area contributed by atoms with E-state index in [0.29, 0.717) is 5.41 Å². The quantitative estimate of drug-likeness (QED) is 0.893. The van der Waals surface area contributed by atoms with E-state index in [1.165, 1.54) is 50.1 Å². The third-order valence-electron chi connectivity index (χ3n) is 4.93. The summed E-state index contributed by atoms with van der Waals surface area (Å²) in [4.78, 5) is 5.17. The van der Waals surface area contributed by atoms with E-state index >= 15 is 0 Å². The van der Waals surface area contributed by atoms with Crippen LogP contribution in [0.1, 0.15) is 24.8 Å². The van der Waals surface area contributed by atoms with Crippen LogP contribution in [-0.4, -0.2) is 44.2 Å². The largest absolute Gasteiger partial charge is 0.369 e. The maximum atomic E-state index is 5.75. The fraction of sp³-hybridized carbons (Fsp3) is 0.647. The number of hydrogen-bond acceptors (Lipinski definition) is 3. The Hall–Kier alpha value is -1.06. The van der Waals surface area contributed by atoms with Crippen LogP contribution in [-0.2, 0) is 0 Å². The van der Waals surface area contributed by atoms with Gasteiger partial charge >= 0.3 is 0 Å². The Balaban J connectivity index is 1.52. The first kappa shape index (κ1) is 13.9. The number of rotatable bonds is 5. The summed E-state index contributed by atoms with van der Waals surface area (Å²) in [5.41, 5.74) is 9.06. The fourth-order valence-electron chi connectivity index (χ4n) is 3.43. The molecule has 1 aliphatic carbocycles. The second-order valence-corrected chi connectivity index (χ2v) is 6.64. The lowest BCUT2D eigenvalue weighted by Crippen LogP contribution is -2.48. The zero-order chi connectivity index (χ0) is 14.0. The third-order valence-corrected chi connectivity index (χ3v) is 4.93. The van der Waals surface area contributed by atoms with Gasteiger partial charge in [0, 0.05) is 38.4 Å². The SMILES string of the molecule is Cc1cccc(N2CCN(CC3(CCN)CC3)CC2)c1. The molecule has 2 N–H and O–H groups in total. The Morgan fingerprint density at radius 1 is 1.15 bits per heavy atom. The van der Waals surface area contributed by atoms with Gasteiger partial charge in [-0.1, -0.05) is 12.1 Å². The van der Waals surface area contributed by atoms with E-state index in [-0.39, 0.29) is 0 Å². The van der Waals surface area contributed by atoms with Crippen molar-refractivity contribution in [1.29, 1.82) is 0 Å². The molecule has 0 spiro atoms. The molecule has 0 amide bonds. The minimum Gasteiger partial charge on any atom is -0.369 e. The summed E-state index contributed by atoms with van der Waals surface area (Å²) in [6.45, 7) is 8.99. The highest BCUT2D eigenvalue weighted by molar-refractivity contribution is 5.48. The second-order valence-electron chi connectivity index (χ2n) is 6.64. The van der Waals surface area contributed by atoms with Gasteiger partial charge in [0.25, 0.3) is 0 Å². The van der Waals surface area contributed by atoms with Gasteiger partial charge in [0.05, 0.1) is 0 Å². The summed E-state index contributed by atoms with van der Waals surface area (Å²) >= 11 is 0. The molecule has 3 nitrogen and oxygen atoms in total. The summed E-state index contributed by atoms with van der Waals surface area (Å²) in [7, 11) is 0. The van der Waals surface area contributed by atoms with E-state index in [2.05, 4.69) is 41.0 Å². The molecule has 0 bridgehead atoms. The Bertz CT molecular complexity index is 445. The lowest BCUT2D eigenvalue weighted by atomic mass is 10.0. The first-order chi connectivity index (χ1) is 9.71. The van der Waals surface area contributed by atoms with E-state index in [1.54, 1.807) is 0 Å². The topological polar surface area (TPSA) is 32.5 Å². The second kappa shape index (κ2) is 5.74. The molecule has 3 rings (SSSR count). The number of benzene rings is 1. The molecular weight excluding hydrogens is 246 g/mol. The zero-order valence-corrected chi connectivity index (χ0v) is 12.6. The number of aryl methyl sites for hydroxylation is 1. The summed E-state index contributed by atoms with van der Waals surface area (Å²) in [5.74, 6) is 0. The standard InChI is InChI=1S/C17H27N3/c1-15-3-2-4-16(13-15)20-11-9-19(10-12-20)14-17(5-6-17)7-8-18/h2-4,13H,5-12,14,18H2,1H3. The summed E-state index contributed by atoms with van der Waals surface area (Å²) in [6, 6.07) is 8.87. The number of hydrogen-bond donors (Lipinski definition) is 1. The van der Waals surface area contributed by atoms with Gasteiger partial charge in [-0.25, -0.2) is 0 Å². The van der Waals surface area contributed by atoms with Gasteiger partial charge in [0.2, 0.25) is 0 Å². The Labute approximate surface area is 122 Å². The molecule has 1 saturated carbocycles. The van der Waals surface area contributed by atoms with Crippen LogP contribution in [0.15, 0.2) is 24.3 Å². The molecule has 2 aliphatic rings. The van der Waals surface area contributed by atoms with Crippen LogP contribution in [0.4, 0.5) is 5.69 Å². The monoisotopic (exact) mass is 273 g/mol. The molecule has 0 unspecified atom stereocenters. The Kier molecular flexibility index (Phi) is 3.99. The molecule has 110 valence electrons. The van der Waals surface area contributed by atoms with Crippen LogP contribution in [0.3, 0.4) is 0 Å². The van der Waals surface area contributed by atoms with E-state index in [4.69, 9.17) is 5.73 Å². The van der Waals surface area contributed by atoms with Gasteiger partial charge in [0.15, 0.2) is 0 Å². The minimum atomic E-state index is 0.584. The third kappa shape index (κ3) is 3.15. The number of nitrogens with two attached hydrogens (primary N) is 1. The smallest absolute Gasteiger partial charge is 0.0369 e. The average Bonchev–Trinajstić information content (AvgIpc) is 3.19. The highest BCUT2D eigenvalue weighted by Crippen LogP contribution is 2.49. The molecule has 1 saturated heterocycles. The van der Waals surface area contributed by atoms with E-state index in [9.17, 15) is 0 Å². The molecule has 1 aromatic rings. The van der Waals surface area contributed by atoms with Crippen molar-refractivity contribution < 1.29 is 0 Å². The molecule has 0 radical (unpaired) electrons. The first-order valence-corrected chi connectivity index (χ1v) is 7.95. The molecule has 1 aromatic carbocycles.